The molecule has 0 aliphatic heterocycles. The van der Waals surface area contributed by atoms with Crippen LogP contribution in [0.1, 0.15) is 15.9 Å². The van der Waals surface area contributed by atoms with E-state index in [1.807, 2.05) is 12.1 Å². The molecular weight excluding hydrogens is 292 g/mol. The van der Waals surface area contributed by atoms with Crippen molar-refractivity contribution < 1.29 is 19.4 Å². The molecule has 1 N–H and O–H groups in total. The van der Waals surface area contributed by atoms with Crippen molar-refractivity contribution in [3.8, 4) is 17.2 Å². The number of methoxy groups -OCH3 is 2. The molecule has 0 unspecified atom stereocenters. The van der Waals surface area contributed by atoms with Gasteiger partial charge in [0, 0.05) is 10.9 Å². The highest BCUT2D eigenvalue weighted by molar-refractivity contribution is 6.18. The maximum absolute atomic E-state index is 12.8. The summed E-state index contributed by atoms with van der Waals surface area (Å²) in [7, 11) is 3.13. The third-order valence-electron chi connectivity index (χ3n) is 3.79. The van der Waals surface area contributed by atoms with Crippen molar-refractivity contribution in [3.63, 3.8) is 0 Å². The summed E-state index contributed by atoms with van der Waals surface area (Å²) >= 11 is 0. The molecule has 0 aromatic heterocycles. The summed E-state index contributed by atoms with van der Waals surface area (Å²) in [5.41, 5.74) is 0.753. The molecule has 0 saturated heterocycles. The Kier molecular flexibility index (Phi) is 3.89. The quantitative estimate of drug-likeness (QED) is 0.745. The van der Waals surface area contributed by atoms with Crippen LogP contribution < -0.4 is 9.47 Å². The highest BCUT2D eigenvalue weighted by Gasteiger charge is 2.17. The lowest BCUT2D eigenvalue weighted by Crippen LogP contribution is -2.03. The fourth-order valence-corrected chi connectivity index (χ4v) is 2.54. The van der Waals surface area contributed by atoms with Crippen LogP contribution in [0.3, 0.4) is 0 Å². The zero-order chi connectivity index (χ0) is 16.4. The van der Waals surface area contributed by atoms with Gasteiger partial charge in [0.05, 0.1) is 19.8 Å². The SMILES string of the molecule is COc1ccc(C(=O)c2c(O)ccc3ccc(OC)cc23)cc1. The lowest BCUT2D eigenvalue weighted by atomic mass is 9.96. The number of hydrogen-bond donors (Lipinski definition) is 1. The first-order chi connectivity index (χ1) is 11.1. The minimum Gasteiger partial charge on any atom is -0.507 e. The van der Waals surface area contributed by atoms with Crippen LogP contribution in [-0.4, -0.2) is 25.1 Å². The maximum Gasteiger partial charge on any atom is 0.197 e. The van der Waals surface area contributed by atoms with E-state index in [9.17, 15) is 9.90 Å². The number of phenolic OH excluding ortho intramolecular Hbond substituents is 1. The number of hydrogen-bond acceptors (Lipinski definition) is 4. The number of rotatable bonds is 4. The second kappa shape index (κ2) is 6.01. The van der Waals surface area contributed by atoms with Crippen molar-refractivity contribution in [3.05, 3.63) is 65.7 Å². The molecule has 0 heterocycles. The lowest BCUT2D eigenvalue weighted by Gasteiger charge is -2.10. The van der Waals surface area contributed by atoms with Gasteiger partial charge in [0.15, 0.2) is 5.78 Å². The fraction of sp³-hybridized carbons (Fsp3) is 0.105. The molecule has 23 heavy (non-hydrogen) atoms. The minimum atomic E-state index is -0.246. The Balaban J connectivity index is 2.16. The minimum absolute atomic E-state index is 0.0495. The lowest BCUT2D eigenvalue weighted by molar-refractivity contribution is 0.103. The molecule has 4 heteroatoms. The zero-order valence-electron chi connectivity index (χ0n) is 12.9. The molecule has 4 nitrogen and oxygen atoms in total. The van der Waals surface area contributed by atoms with Crippen LogP contribution in [0.2, 0.25) is 0 Å². The number of ketones is 1. The number of phenols is 1. The molecule has 0 aliphatic rings. The van der Waals surface area contributed by atoms with Gasteiger partial charge >= 0.3 is 0 Å². The van der Waals surface area contributed by atoms with Gasteiger partial charge in [-0.15, -0.1) is 0 Å². The van der Waals surface area contributed by atoms with Crippen molar-refractivity contribution in [2.45, 2.75) is 0 Å². The molecule has 3 rings (SSSR count). The predicted octanol–water partition coefficient (Wildman–Crippen LogP) is 3.79. The van der Waals surface area contributed by atoms with E-state index >= 15 is 0 Å². The van der Waals surface area contributed by atoms with Gasteiger partial charge in [-0.25, -0.2) is 0 Å². The third kappa shape index (κ3) is 2.71. The third-order valence-corrected chi connectivity index (χ3v) is 3.79. The van der Waals surface area contributed by atoms with Gasteiger partial charge in [-0.2, -0.15) is 0 Å². The molecule has 0 amide bonds. The molecule has 0 bridgehead atoms. The average Bonchev–Trinajstić information content (AvgIpc) is 2.60. The smallest absolute Gasteiger partial charge is 0.197 e. The monoisotopic (exact) mass is 308 g/mol. The van der Waals surface area contributed by atoms with Gasteiger partial charge in [0.25, 0.3) is 0 Å². The number of carbonyl (C=O) groups excluding carboxylic acids is 1. The van der Waals surface area contributed by atoms with Crippen LogP contribution in [-0.2, 0) is 0 Å². The van der Waals surface area contributed by atoms with Gasteiger partial charge in [-0.1, -0.05) is 12.1 Å². The fourth-order valence-electron chi connectivity index (χ4n) is 2.54. The average molecular weight is 308 g/mol. The number of benzene rings is 3. The number of aromatic hydroxyl groups is 1. The Morgan fingerprint density at radius 2 is 1.48 bits per heavy atom. The molecule has 0 spiro atoms. The summed E-state index contributed by atoms with van der Waals surface area (Å²) in [6.07, 6.45) is 0. The van der Waals surface area contributed by atoms with E-state index in [0.717, 1.165) is 5.39 Å². The van der Waals surface area contributed by atoms with E-state index in [4.69, 9.17) is 9.47 Å². The van der Waals surface area contributed by atoms with Crippen molar-refractivity contribution in [1.82, 2.24) is 0 Å². The number of ether oxygens (including phenoxy) is 2. The Labute approximate surface area is 133 Å². The Morgan fingerprint density at radius 1 is 0.870 bits per heavy atom. The molecule has 0 atom stereocenters. The van der Waals surface area contributed by atoms with Crippen molar-refractivity contribution in [2.75, 3.05) is 14.2 Å². The van der Waals surface area contributed by atoms with Gasteiger partial charge in [-0.3, -0.25) is 4.79 Å². The second-order valence-electron chi connectivity index (χ2n) is 5.10. The molecule has 0 saturated carbocycles. The van der Waals surface area contributed by atoms with Gasteiger partial charge in [-0.05, 0) is 47.9 Å². The Bertz CT molecular complexity index is 866. The van der Waals surface area contributed by atoms with Crippen molar-refractivity contribution in [2.24, 2.45) is 0 Å². The maximum atomic E-state index is 12.8. The molecule has 0 fully saturated rings. The molecular formula is C19H16O4. The van der Waals surface area contributed by atoms with Crippen molar-refractivity contribution in [1.29, 1.82) is 0 Å². The summed E-state index contributed by atoms with van der Waals surface area (Å²) in [5.74, 6) is 1.01. The van der Waals surface area contributed by atoms with Gasteiger partial charge in [0.2, 0.25) is 0 Å². The van der Waals surface area contributed by atoms with E-state index in [1.54, 1.807) is 50.6 Å². The molecule has 0 aliphatic carbocycles. The molecule has 116 valence electrons. The van der Waals surface area contributed by atoms with Crippen molar-refractivity contribution >= 4 is 16.6 Å². The van der Waals surface area contributed by atoms with Crippen LogP contribution in [0.25, 0.3) is 10.8 Å². The first kappa shape index (κ1) is 14.9. The van der Waals surface area contributed by atoms with Crippen LogP contribution in [0.5, 0.6) is 17.2 Å². The number of carbonyl (C=O) groups is 1. The first-order valence-electron chi connectivity index (χ1n) is 7.12. The molecule has 0 radical (unpaired) electrons. The standard InChI is InChI=1S/C19H16O4/c1-22-14-7-4-13(5-8-14)19(21)18-16-11-15(23-2)9-3-12(16)6-10-17(18)20/h3-11,20H,1-2H3. The summed E-state index contributed by atoms with van der Waals surface area (Å²) in [6.45, 7) is 0. The first-order valence-corrected chi connectivity index (χ1v) is 7.12. The summed E-state index contributed by atoms with van der Waals surface area (Å²) in [6, 6.07) is 15.5. The van der Waals surface area contributed by atoms with E-state index in [2.05, 4.69) is 0 Å². The van der Waals surface area contributed by atoms with E-state index in [1.165, 1.54) is 6.07 Å². The normalized spacial score (nSPS) is 10.5. The largest absolute Gasteiger partial charge is 0.507 e. The van der Waals surface area contributed by atoms with E-state index < -0.39 is 0 Å². The topological polar surface area (TPSA) is 55.8 Å². The zero-order valence-corrected chi connectivity index (χ0v) is 12.9. The van der Waals surface area contributed by atoms with Crippen LogP contribution in [0, 0.1) is 0 Å². The van der Waals surface area contributed by atoms with Gasteiger partial charge in [0.1, 0.15) is 17.2 Å². The van der Waals surface area contributed by atoms with Crippen LogP contribution in [0.15, 0.2) is 54.6 Å². The Hall–Kier alpha value is -3.01. The highest BCUT2D eigenvalue weighted by atomic mass is 16.5. The molecule has 3 aromatic carbocycles. The van der Waals surface area contributed by atoms with E-state index in [0.29, 0.717) is 22.4 Å². The van der Waals surface area contributed by atoms with Crippen LogP contribution in [0.4, 0.5) is 0 Å². The van der Waals surface area contributed by atoms with Crippen LogP contribution >= 0.6 is 0 Å². The Morgan fingerprint density at radius 3 is 2.13 bits per heavy atom. The number of fused-ring (bicyclic) bond motifs is 1. The summed E-state index contributed by atoms with van der Waals surface area (Å²) in [5, 5.41) is 11.7. The van der Waals surface area contributed by atoms with Gasteiger partial charge < -0.3 is 14.6 Å². The molecule has 3 aromatic rings. The second-order valence-corrected chi connectivity index (χ2v) is 5.10. The predicted molar refractivity (Wildman–Crippen MR) is 88.6 cm³/mol. The highest BCUT2D eigenvalue weighted by Crippen LogP contribution is 2.32. The summed E-state index contributed by atoms with van der Waals surface area (Å²) < 4.78 is 10.3. The van der Waals surface area contributed by atoms with E-state index in [-0.39, 0.29) is 17.1 Å². The summed E-state index contributed by atoms with van der Waals surface area (Å²) in [4.78, 5) is 12.8.